The van der Waals surface area contributed by atoms with Gasteiger partial charge in [0, 0.05) is 18.0 Å². The van der Waals surface area contributed by atoms with Crippen molar-refractivity contribution in [3.05, 3.63) is 23.8 Å². The van der Waals surface area contributed by atoms with Gasteiger partial charge in [-0.1, -0.05) is 44.9 Å². The average molecular weight is 233 g/mol. The molecule has 1 fully saturated rings. The number of hydrogen-bond donors (Lipinski definition) is 1. The summed E-state index contributed by atoms with van der Waals surface area (Å²) in [5.41, 5.74) is 1.60. The minimum atomic E-state index is 0.758. The molecule has 2 aliphatic rings. The lowest BCUT2D eigenvalue weighted by Gasteiger charge is -2.17. The third-order valence-electron chi connectivity index (χ3n) is 3.97. The highest BCUT2D eigenvalue weighted by Crippen LogP contribution is 2.39. The number of nitrogens with one attached hydrogen (secondary N) is 1. The van der Waals surface area contributed by atoms with Crippen LogP contribution in [0.1, 0.15) is 58.8 Å². The Hall–Kier alpha value is -0.560. The molecule has 2 atom stereocenters. The molecule has 0 radical (unpaired) electrons. The van der Waals surface area contributed by atoms with Crippen LogP contribution in [0.15, 0.2) is 23.8 Å². The zero-order chi connectivity index (χ0) is 12.1. The zero-order valence-electron chi connectivity index (χ0n) is 11.4. The van der Waals surface area contributed by atoms with Crippen LogP contribution in [0.4, 0.5) is 0 Å². The first-order chi connectivity index (χ1) is 8.35. The fraction of sp³-hybridized carbons (Fsp3) is 0.750. The van der Waals surface area contributed by atoms with E-state index < -0.39 is 0 Å². The average Bonchev–Trinajstić information content (AvgIpc) is 3.10. The summed E-state index contributed by atoms with van der Waals surface area (Å²) in [6.07, 6.45) is 16.3. The zero-order valence-corrected chi connectivity index (χ0v) is 11.4. The van der Waals surface area contributed by atoms with E-state index in [2.05, 4.69) is 37.4 Å². The van der Waals surface area contributed by atoms with E-state index in [1.54, 1.807) is 5.57 Å². The van der Waals surface area contributed by atoms with Crippen LogP contribution in [0.25, 0.3) is 0 Å². The van der Waals surface area contributed by atoms with Crippen molar-refractivity contribution in [1.82, 2.24) is 5.32 Å². The monoisotopic (exact) mass is 233 g/mol. The van der Waals surface area contributed by atoms with Crippen molar-refractivity contribution >= 4 is 0 Å². The Morgan fingerprint density at radius 2 is 2.00 bits per heavy atom. The van der Waals surface area contributed by atoms with E-state index >= 15 is 0 Å². The standard InChI is InChI=1S/C16H27N/c1-3-8-14(9-4-2)17-16-12-15(16)13-10-6-5-7-11-13/h6,10-11,14-17H,3-5,7-9,12H2,1-2H3. The molecule has 1 heteroatoms. The molecule has 0 spiro atoms. The van der Waals surface area contributed by atoms with Crippen molar-refractivity contribution in [2.45, 2.75) is 70.9 Å². The van der Waals surface area contributed by atoms with Crippen LogP contribution >= 0.6 is 0 Å². The van der Waals surface area contributed by atoms with Gasteiger partial charge >= 0.3 is 0 Å². The highest BCUT2D eigenvalue weighted by molar-refractivity contribution is 5.31. The molecule has 2 unspecified atom stereocenters. The van der Waals surface area contributed by atoms with Gasteiger partial charge in [-0.2, -0.15) is 0 Å². The summed E-state index contributed by atoms with van der Waals surface area (Å²) in [4.78, 5) is 0. The smallest absolute Gasteiger partial charge is 0.0145 e. The van der Waals surface area contributed by atoms with Gasteiger partial charge in [0.1, 0.15) is 0 Å². The highest BCUT2D eigenvalue weighted by Gasteiger charge is 2.39. The molecule has 0 aromatic heterocycles. The SMILES string of the molecule is CCCC(CCC)NC1CC1C1=CCCC=C1. The van der Waals surface area contributed by atoms with E-state index in [9.17, 15) is 0 Å². The largest absolute Gasteiger partial charge is 0.311 e. The Morgan fingerprint density at radius 1 is 1.24 bits per heavy atom. The molecule has 0 bridgehead atoms. The second kappa shape index (κ2) is 6.39. The molecule has 1 nitrogen and oxygen atoms in total. The predicted molar refractivity (Wildman–Crippen MR) is 75.1 cm³/mol. The quantitative estimate of drug-likeness (QED) is 0.694. The molecule has 1 N–H and O–H groups in total. The summed E-state index contributed by atoms with van der Waals surface area (Å²) in [5, 5.41) is 3.87. The lowest BCUT2D eigenvalue weighted by atomic mass is 10.0. The predicted octanol–water partition coefficient (Wildman–Crippen LogP) is 4.21. The highest BCUT2D eigenvalue weighted by atomic mass is 15.0. The molecular weight excluding hydrogens is 206 g/mol. The fourth-order valence-electron chi connectivity index (χ4n) is 2.97. The van der Waals surface area contributed by atoms with Crippen molar-refractivity contribution in [3.8, 4) is 0 Å². The van der Waals surface area contributed by atoms with Crippen LogP contribution in [0.5, 0.6) is 0 Å². The van der Waals surface area contributed by atoms with Gasteiger partial charge < -0.3 is 5.32 Å². The number of rotatable bonds is 7. The molecule has 0 amide bonds. The molecule has 0 aliphatic heterocycles. The molecule has 2 rings (SSSR count). The van der Waals surface area contributed by atoms with Crippen molar-refractivity contribution in [2.24, 2.45) is 5.92 Å². The van der Waals surface area contributed by atoms with E-state index in [4.69, 9.17) is 0 Å². The van der Waals surface area contributed by atoms with E-state index in [-0.39, 0.29) is 0 Å². The second-order valence-electron chi connectivity index (χ2n) is 5.57. The van der Waals surface area contributed by atoms with E-state index in [0.717, 1.165) is 18.0 Å². The van der Waals surface area contributed by atoms with E-state index in [1.165, 1.54) is 44.9 Å². The Bertz CT molecular complexity index is 284. The molecule has 17 heavy (non-hydrogen) atoms. The van der Waals surface area contributed by atoms with Gasteiger partial charge in [-0.15, -0.1) is 0 Å². The summed E-state index contributed by atoms with van der Waals surface area (Å²) in [6, 6.07) is 1.53. The first kappa shape index (κ1) is 12.9. The summed E-state index contributed by atoms with van der Waals surface area (Å²) in [7, 11) is 0. The fourth-order valence-corrected chi connectivity index (χ4v) is 2.97. The second-order valence-corrected chi connectivity index (χ2v) is 5.57. The molecule has 0 saturated heterocycles. The maximum absolute atomic E-state index is 3.87. The van der Waals surface area contributed by atoms with Crippen LogP contribution in [0, 0.1) is 5.92 Å². The summed E-state index contributed by atoms with van der Waals surface area (Å²) >= 11 is 0. The topological polar surface area (TPSA) is 12.0 Å². The van der Waals surface area contributed by atoms with E-state index in [0.29, 0.717) is 0 Å². The van der Waals surface area contributed by atoms with Crippen molar-refractivity contribution < 1.29 is 0 Å². The maximum atomic E-state index is 3.87. The van der Waals surface area contributed by atoms with Crippen LogP contribution in [0.3, 0.4) is 0 Å². The minimum absolute atomic E-state index is 0.758. The molecule has 96 valence electrons. The number of allylic oxidation sites excluding steroid dienone is 3. The summed E-state index contributed by atoms with van der Waals surface area (Å²) < 4.78 is 0. The minimum Gasteiger partial charge on any atom is -0.311 e. The van der Waals surface area contributed by atoms with Crippen molar-refractivity contribution in [2.75, 3.05) is 0 Å². The van der Waals surface area contributed by atoms with Crippen LogP contribution in [-0.4, -0.2) is 12.1 Å². The maximum Gasteiger partial charge on any atom is 0.0145 e. The Kier molecular flexibility index (Phi) is 4.85. The third-order valence-corrected chi connectivity index (χ3v) is 3.97. The third kappa shape index (κ3) is 3.70. The van der Waals surface area contributed by atoms with Gasteiger partial charge in [0.15, 0.2) is 0 Å². The molecule has 1 saturated carbocycles. The molecule has 0 aromatic carbocycles. The molecule has 0 heterocycles. The van der Waals surface area contributed by atoms with Crippen LogP contribution in [-0.2, 0) is 0 Å². The lowest BCUT2D eigenvalue weighted by molar-refractivity contribution is 0.435. The van der Waals surface area contributed by atoms with E-state index in [1.807, 2.05) is 0 Å². The molecule has 0 aromatic rings. The van der Waals surface area contributed by atoms with Crippen LogP contribution < -0.4 is 5.32 Å². The summed E-state index contributed by atoms with van der Waals surface area (Å²) in [5.74, 6) is 0.822. The molecule has 2 aliphatic carbocycles. The lowest BCUT2D eigenvalue weighted by Crippen LogP contribution is -2.31. The van der Waals surface area contributed by atoms with Crippen molar-refractivity contribution in [3.63, 3.8) is 0 Å². The van der Waals surface area contributed by atoms with Gasteiger partial charge in [-0.25, -0.2) is 0 Å². The Morgan fingerprint density at radius 3 is 2.59 bits per heavy atom. The Labute approximate surface area is 106 Å². The summed E-state index contributed by atoms with van der Waals surface area (Å²) in [6.45, 7) is 4.59. The van der Waals surface area contributed by atoms with Gasteiger partial charge in [-0.3, -0.25) is 0 Å². The number of hydrogen-bond acceptors (Lipinski definition) is 1. The van der Waals surface area contributed by atoms with Crippen molar-refractivity contribution in [1.29, 1.82) is 0 Å². The normalized spacial score (nSPS) is 27.4. The first-order valence-electron chi connectivity index (χ1n) is 7.47. The van der Waals surface area contributed by atoms with Gasteiger partial charge in [0.05, 0.1) is 0 Å². The Balaban J connectivity index is 1.77. The van der Waals surface area contributed by atoms with Gasteiger partial charge in [0.25, 0.3) is 0 Å². The molecular formula is C16H27N. The van der Waals surface area contributed by atoms with Gasteiger partial charge in [-0.05, 0) is 37.7 Å². The van der Waals surface area contributed by atoms with Gasteiger partial charge in [0.2, 0.25) is 0 Å². The van der Waals surface area contributed by atoms with Crippen LogP contribution in [0.2, 0.25) is 0 Å². The first-order valence-corrected chi connectivity index (χ1v) is 7.47.